The van der Waals surface area contributed by atoms with E-state index in [9.17, 15) is 13.6 Å². The van der Waals surface area contributed by atoms with E-state index in [0.29, 0.717) is 15.6 Å². The standard InChI is InChI=1S/C20H18F2N2O3S/c1-11-6-4-7-12(2)16(11)23-20-24-18(25)15(28-20)10-13-8-5-9-14(26-3)17(13)27-19(21)22/h4-10,19H,1-3H3,(H,23,24,25)/b15-10-. The number of carbonyl (C=O) groups is 1. The number of rotatable bonds is 5. The summed E-state index contributed by atoms with van der Waals surface area (Å²) in [5.74, 6) is -0.329. The van der Waals surface area contributed by atoms with Crippen LogP contribution in [-0.2, 0) is 4.79 Å². The number of nitrogens with zero attached hydrogens (tertiary/aromatic N) is 1. The van der Waals surface area contributed by atoms with Crippen LogP contribution in [0.1, 0.15) is 16.7 Å². The lowest BCUT2D eigenvalue weighted by molar-refractivity contribution is -0.115. The van der Waals surface area contributed by atoms with E-state index in [0.717, 1.165) is 28.6 Å². The second-order valence-corrected chi connectivity index (χ2v) is 7.01. The fourth-order valence-corrected chi connectivity index (χ4v) is 3.55. The van der Waals surface area contributed by atoms with Crippen molar-refractivity contribution in [2.45, 2.75) is 20.5 Å². The fraction of sp³-hybridized carbons (Fsp3) is 0.200. The minimum atomic E-state index is -3.01. The van der Waals surface area contributed by atoms with Crippen LogP contribution < -0.4 is 14.8 Å². The summed E-state index contributed by atoms with van der Waals surface area (Å²) in [7, 11) is 1.36. The van der Waals surface area contributed by atoms with Gasteiger partial charge in [-0.1, -0.05) is 30.3 Å². The van der Waals surface area contributed by atoms with Gasteiger partial charge >= 0.3 is 6.61 Å². The predicted molar refractivity (Wildman–Crippen MR) is 106 cm³/mol. The Hall–Kier alpha value is -2.87. The molecule has 1 aliphatic rings. The Morgan fingerprint density at radius 2 is 1.82 bits per heavy atom. The van der Waals surface area contributed by atoms with E-state index in [-0.39, 0.29) is 17.4 Å². The number of alkyl halides is 2. The molecule has 0 atom stereocenters. The van der Waals surface area contributed by atoms with E-state index in [4.69, 9.17) is 4.74 Å². The molecular formula is C20H18F2N2O3S. The second kappa shape index (κ2) is 8.43. The Bertz CT molecular complexity index is 954. The van der Waals surface area contributed by atoms with Crippen molar-refractivity contribution in [1.82, 2.24) is 5.32 Å². The molecule has 28 heavy (non-hydrogen) atoms. The molecule has 1 fully saturated rings. The van der Waals surface area contributed by atoms with Gasteiger partial charge < -0.3 is 14.8 Å². The minimum Gasteiger partial charge on any atom is -0.493 e. The van der Waals surface area contributed by atoms with E-state index < -0.39 is 6.61 Å². The maximum atomic E-state index is 12.8. The Morgan fingerprint density at radius 1 is 1.14 bits per heavy atom. The van der Waals surface area contributed by atoms with Gasteiger partial charge in [-0.3, -0.25) is 4.79 Å². The molecule has 0 aliphatic carbocycles. The van der Waals surface area contributed by atoms with Gasteiger partial charge in [0.25, 0.3) is 5.91 Å². The first kappa shape index (κ1) is 19.9. The van der Waals surface area contributed by atoms with Crippen molar-refractivity contribution >= 4 is 34.6 Å². The summed E-state index contributed by atoms with van der Waals surface area (Å²) < 4.78 is 35.2. The van der Waals surface area contributed by atoms with Crippen LogP contribution in [0.25, 0.3) is 6.08 Å². The minimum absolute atomic E-state index is 0.124. The van der Waals surface area contributed by atoms with E-state index >= 15 is 0 Å². The van der Waals surface area contributed by atoms with Gasteiger partial charge in [0, 0.05) is 5.56 Å². The number of amides is 1. The van der Waals surface area contributed by atoms with E-state index in [2.05, 4.69) is 15.0 Å². The number of ether oxygens (including phenoxy) is 2. The van der Waals surface area contributed by atoms with Gasteiger partial charge in [0.05, 0.1) is 17.7 Å². The molecule has 8 heteroatoms. The molecule has 0 aromatic heterocycles. The highest BCUT2D eigenvalue weighted by molar-refractivity contribution is 8.18. The Kier molecular flexibility index (Phi) is 5.99. The smallest absolute Gasteiger partial charge is 0.387 e. The zero-order valence-electron chi connectivity index (χ0n) is 15.5. The van der Waals surface area contributed by atoms with Crippen LogP contribution in [0.5, 0.6) is 11.5 Å². The summed E-state index contributed by atoms with van der Waals surface area (Å²) in [5.41, 5.74) is 3.07. The monoisotopic (exact) mass is 404 g/mol. The summed E-state index contributed by atoms with van der Waals surface area (Å²) in [6, 6.07) is 10.5. The molecule has 1 heterocycles. The van der Waals surface area contributed by atoms with Crippen molar-refractivity contribution < 1.29 is 23.0 Å². The summed E-state index contributed by atoms with van der Waals surface area (Å²) in [6.07, 6.45) is 1.48. The molecule has 2 aromatic rings. The number of nitrogens with one attached hydrogen (secondary N) is 1. The quantitative estimate of drug-likeness (QED) is 0.727. The number of hydrogen-bond acceptors (Lipinski definition) is 5. The van der Waals surface area contributed by atoms with Crippen molar-refractivity contribution in [3.05, 3.63) is 58.0 Å². The largest absolute Gasteiger partial charge is 0.493 e. The number of thioether (sulfide) groups is 1. The molecule has 0 spiro atoms. The average molecular weight is 404 g/mol. The van der Waals surface area contributed by atoms with Crippen molar-refractivity contribution in [2.75, 3.05) is 7.11 Å². The number of amidine groups is 1. The second-order valence-electron chi connectivity index (χ2n) is 5.98. The zero-order chi connectivity index (χ0) is 20.3. The molecular weight excluding hydrogens is 386 g/mol. The van der Waals surface area contributed by atoms with Gasteiger partial charge in [-0.05, 0) is 48.9 Å². The van der Waals surface area contributed by atoms with Gasteiger partial charge in [-0.15, -0.1) is 0 Å². The number of carbonyl (C=O) groups excluding carboxylic acids is 1. The molecule has 146 valence electrons. The summed E-state index contributed by atoms with van der Waals surface area (Å²) in [6.45, 7) is 0.864. The highest BCUT2D eigenvalue weighted by Gasteiger charge is 2.25. The number of hydrogen-bond donors (Lipinski definition) is 1. The van der Waals surface area contributed by atoms with Crippen LogP contribution in [0.2, 0.25) is 0 Å². The molecule has 2 aromatic carbocycles. The molecule has 1 amide bonds. The van der Waals surface area contributed by atoms with Crippen molar-refractivity contribution in [1.29, 1.82) is 0 Å². The summed E-state index contributed by atoms with van der Waals surface area (Å²) in [4.78, 5) is 17.2. The van der Waals surface area contributed by atoms with Gasteiger partial charge in [0.15, 0.2) is 16.7 Å². The first-order chi connectivity index (χ1) is 13.4. The number of halogens is 2. The van der Waals surface area contributed by atoms with Gasteiger partial charge in [-0.2, -0.15) is 8.78 Å². The number of methoxy groups -OCH3 is 1. The molecule has 3 rings (SSSR count). The van der Waals surface area contributed by atoms with Crippen molar-refractivity contribution in [3.8, 4) is 11.5 Å². The molecule has 1 saturated heterocycles. The van der Waals surface area contributed by atoms with Gasteiger partial charge in [0.1, 0.15) is 0 Å². The normalized spacial score (nSPS) is 16.7. The first-order valence-corrected chi connectivity index (χ1v) is 9.18. The third kappa shape index (κ3) is 4.33. The molecule has 0 bridgehead atoms. The molecule has 0 radical (unpaired) electrons. The van der Waals surface area contributed by atoms with Crippen molar-refractivity contribution in [3.63, 3.8) is 0 Å². The number of para-hydroxylation sites is 2. The lowest BCUT2D eigenvalue weighted by Gasteiger charge is -2.12. The Balaban J connectivity index is 1.95. The zero-order valence-corrected chi connectivity index (χ0v) is 16.3. The highest BCUT2D eigenvalue weighted by Crippen LogP contribution is 2.36. The van der Waals surface area contributed by atoms with E-state index in [1.54, 1.807) is 12.1 Å². The predicted octanol–water partition coefficient (Wildman–Crippen LogP) is 4.81. The fourth-order valence-electron chi connectivity index (χ4n) is 2.73. The molecule has 0 unspecified atom stereocenters. The molecule has 0 saturated carbocycles. The first-order valence-electron chi connectivity index (χ1n) is 8.36. The number of benzene rings is 2. The third-order valence-corrected chi connectivity index (χ3v) is 4.94. The SMILES string of the molecule is COc1cccc(/C=C2\SC(=Nc3c(C)cccc3C)NC2=O)c1OC(F)F. The van der Waals surface area contributed by atoms with E-state index in [1.807, 2.05) is 32.0 Å². The van der Waals surface area contributed by atoms with Crippen LogP contribution in [0.15, 0.2) is 46.3 Å². The molecule has 1 aliphatic heterocycles. The molecule has 1 N–H and O–H groups in total. The Labute approximate surface area is 165 Å². The van der Waals surface area contributed by atoms with Gasteiger partial charge in [0.2, 0.25) is 0 Å². The number of aliphatic imine (C=N–C) groups is 1. The maximum Gasteiger partial charge on any atom is 0.387 e. The average Bonchev–Trinajstić information content (AvgIpc) is 2.98. The topological polar surface area (TPSA) is 59.9 Å². The number of aryl methyl sites for hydroxylation is 2. The van der Waals surface area contributed by atoms with E-state index in [1.165, 1.54) is 19.3 Å². The van der Waals surface area contributed by atoms with Gasteiger partial charge in [-0.25, -0.2) is 4.99 Å². The highest BCUT2D eigenvalue weighted by atomic mass is 32.2. The van der Waals surface area contributed by atoms with Crippen molar-refractivity contribution in [2.24, 2.45) is 4.99 Å². The van der Waals surface area contributed by atoms with Crippen LogP contribution >= 0.6 is 11.8 Å². The summed E-state index contributed by atoms with van der Waals surface area (Å²) in [5, 5.41) is 3.13. The third-order valence-electron chi connectivity index (χ3n) is 4.03. The van der Waals surface area contributed by atoms with Crippen LogP contribution in [0.3, 0.4) is 0 Å². The Morgan fingerprint density at radius 3 is 2.46 bits per heavy atom. The van der Waals surface area contributed by atoms with Crippen LogP contribution in [0, 0.1) is 13.8 Å². The maximum absolute atomic E-state index is 12.8. The summed E-state index contributed by atoms with van der Waals surface area (Å²) >= 11 is 1.13. The lowest BCUT2D eigenvalue weighted by Crippen LogP contribution is -2.19. The molecule has 5 nitrogen and oxygen atoms in total. The van der Waals surface area contributed by atoms with Crippen LogP contribution in [-0.4, -0.2) is 24.8 Å². The van der Waals surface area contributed by atoms with Crippen LogP contribution in [0.4, 0.5) is 14.5 Å². The lowest BCUT2D eigenvalue weighted by atomic mass is 10.1.